The lowest BCUT2D eigenvalue weighted by Crippen LogP contribution is -2.11. The van der Waals surface area contributed by atoms with Gasteiger partial charge in [0.05, 0.1) is 0 Å². The Kier molecular flexibility index (Phi) is 2.95. The molecule has 3 aromatic rings. The summed E-state index contributed by atoms with van der Waals surface area (Å²) in [5, 5.41) is 2.69. The molecule has 0 aliphatic heterocycles. The predicted molar refractivity (Wildman–Crippen MR) is 73.1 cm³/mol. The number of anilines is 1. The van der Waals surface area contributed by atoms with Crippen molar-refractivity contribution < 1.29 is 13.6 Å². The van der Waals surface area contributed by atoms with Gasteiger partial charge in [0.25, 0.3) is 5.91 Å². The summed E-state index contributed by atoms with van der Waals surface area (Å²) < 4.78 is 18.2. The molecule has 3 rings (SSSR count). The van der Waals surface area contributed by atoms with E-state index >= 15 is 0 Å². The average Bonchev–Trinajstić information content (AvgIpc) is 2.80. The van der Waals surface area contributed by atoms with E-state index in [0.29, 0.717) is 28.2 Å². The number of benzene rings is 2. The Morgan fingerprint density at radius 3 is 2.70 bits per heavy atom. The van der Waals surface area contributed by atoms with Crippen LogP contribution in [0.25, 0.3) is 11.1 Å². The number of fused-ring (bicyclic) bond motifs is 1. The molecular formula is C15H11FN2O2. The molecule has 2 aromatic carbocycles. The second kappa shape index (κ2) is 4.77. The van der Waals surface area contributed by atoms with Crippen LogP contribution in [0.4, 0.5) is 10.1 Å². The van der Waals surface area contributed by atoms with Gasteiger partial charge < -0.3 is 9.73 Å². The number of aryl methyl sites for hydroxylation is 1. The number of nitrogens with zero attached hydrogens (tertiary/aromatic N) is 1. The molecule has 1 N–H and O–H groups in total. The van der Waals surface area contributed by atoms with E-state index in [1.54, 1.807) is 25.1 Å². The predicted octanol–water partition coefficient (Wildman–Crippen LogP) is 3.53. The van der Waals surface area contributed by atoms with Crippen LogP contribution in [-0.2, 0) is 0 Å². The summed E-state index contributed by atoms with van der Waals surface area (Å²) in [4.78, 5) is 16.2. The van der Waals surface area contributed by atoms with Gasteiger partial charge in [-0.3, -0.25) is 4.79 Å². The van der Waals surface area contributed by atoms with Crippen LogP contribution in [0.1, 0.15) is 16.2 Å². The topological polar surface area (TPSA) is 55.1 Å². The first kappa shape index (κ1) is 12.3. The molecule has 1 aromatic heterocycles. The molecule has 0 saturated heterocycles. The normalized spacial score (nSPS) is 10.7. The standard InChI is InChI=1S/C15H11FN2O2/c1-9-17-13-7-2-10(8-14(13)20-9)15(19)18-12-5-3-11(16)4-6-12/h2-8H,1H3,(H,18,19). The molecule has 0 spiro atoms. The Labute approximate surface area is 114 Å². The summed E-state index contributed by atoms with van der Waals surface area (Å²) in [5.74, 6) is -0.0785. The number of nitrogens with one attached hydrogen (secondary N) is 1. The van der Waals surface area contributed by atoms with Gasteiger partial charge in [0.15, 0.2) is 11.5 Å². The van der Waals surface area contributed by atoms with Crippen molar-refractivity contribution in [3.05, 3.63) is 59.7 Å². The fraction of sp³-hybridized carbons (Fsp3) is 0.0667. The van der Waals surface area contributed by atoms with Crippen LogP contribution in [-0.4, -0.2) is 10.9 Å². The van der Waals surface area contributed by atoms with Gasteiger partial charge in [-0.25, -0.2) is 9.37 Å². The Morgan fingerprint density at radius 1 is 1.20 bits per heavy atom. The number of rotatable bonds is 2. The molecular weight excluding hydrogens is 259 g/mol. The van der Waals surface area contributed by atoms with E-state index in [9.17, 15) is 9.18 Å². The molecule has 0 fully saturated rings. The van der Waals surface area contributed by atoms with Crippen molar-refractivity contribution in [1.29, 1.82) is 0 Å². The fourth-order valence-corrected chi connectivity index (χ4v) is 1.92. The Bertz CT molecular complexity index is 778. The largest absolute Gasteiger partial charge is 0.441 e. The maximum absolute atomic E-state index is 12.8. The first-order valence-electron chi connectivity index (χ1n) is 6.06. The molecule has 1 heterocycles. The Hall–Kier alpha value is -2.69. The van der Waals surface area contributed by atoms with E-state index in [1.165, 1.54) is 24.3 Å². The van der Waals surface area contributed by atoms with Crippen molar-refractivity contribution in [2.75, 3.05) is 5.32 Å². The van der Waals surface area contributed by atoms with Crippen LogP contribution in [0.2, 0.25) is 0 Å². The molecule has 4 nitrogen and oxygen atoms in total. The highest BCUT2D eigenvalue weighted by atomic mass is 19.1. The van der Waals surface area contributed by atoms with Crippen molar-refractivity contribution in [3.63, 3.8) is 0 Å². The smallest absolute Gasteiger partial charge is 0.255 e. The molecule has 100 valence electrons. The maximum Gasteiger partial charge on any atom is 0.255 e. The van der Waals surface area contributed by atoms with Gasteiger partial charge >= 0.3 is 0 Å². The zero-order chi connectivity index (χ0) is 14.1. The minimum atomic E-state index is -0.346. The third-order valence-corrected chi connectivity index (χ3v) is 2.86. The number of carbonyl (C=O) groups excluding carboxylic acids is 1. The van der Waals surface area contributed by atoms with E-state index in [-0.39, 0.29) is 11.7 Å². The third-order valence-electron chi connectivity index (χ3n) is 2.86. The van der Waals surface area contributed by atoms with E-state index in [2.05, 4.69) is 10.3 Å². The van der Waals surface area contributed by atoms with Crippen molar-refractivity contribution in [3.8, 4) is 0 Å². The summed E-state index contributed by atoms with van der Waals surface area (Å²) >= 11 is 0. The van der Waals surface area contributed by atoms with Crippen molar-refractivity contribution in [2.45, 2.75) is 6.92 Å². The summed E-state index contributed by atoms with van der Waals surface area (Å²) in [6, 6.07) is 10.6. The van der Waals surface area contributed by atoms with E-state index < -0.39 is 0 Å². The van der Waals surface area contributed by atoms with Gasteiger partial charge in [-0.15, -0.1) is 0 Å². The molecule has 0 saturated carbocycles. The second-order valence-electron chi connectivity index (χ2n) is 4.38. The SMILES string of the molecule is Cc1nc2ccc(C(=O)Nc3ccc(F)cc3)cc2o1. The van der Waals surface area contributed by atoms with Crippen LogP contribution in [0, 0.1) is 12.7 Å². The molecule has 20 heavy (non-hydrogen) atoms. The first-order valence-corrected chi connectivity index (χ1v) is 6.06. The van der Waals surface area contributed by atoms with Gasteiger partial charge in [-0.1, -0.05) is 0 Å². The zero-order valence-corrected chi connectivity index (χ0v) is 10.7. The fourth-order valence-electron chi connectivity index (χ4n) is 1.92. The highest BCUT2D eigenvalue weighted by molar-refractivity contribution is 6.05. The third kappa shape index (κ3) is 2.38. The van der Waals surface area contributed by atoms with Crippen LogP contribution in [0.5, 0.6) is 0 Å². The molecule has 0 atom stereocenters. The second-order valence-corrected chi connectivity index (χ2v) is 4.38. The highest BCUT2D eigenvalue weighted by Crippen LogP contribution is 2.18. The maximum atomic E-state index is 12.8. The summed E-state index contributed by atoms with van der Waals surface area (Å²) in [6.07, 6.45) is 0. The number of halogens is 1. The van der Waals surface area contributed by atoms with E-state index in [4.69, 9.17) is 4.42 Å². The lowest BCUT2D eigenvalue weighted by atomic mass is 10.2. The number of aromatic nitrogens is 1. The molecule has 0 aliphatic carbocycles. The van der Waals surface area contributed by atoms with Crippen LogP contribution in [0.3, 0.4) is 0 Å². The molecule has 0 unspecified atom stereocenters. The van der Waals surface area contributed by atoms with E-state index in [0.717, 1.165) is 0 Å². The number of hydrogen-bond donors (Lipinski definition) is 1. The van der Waals surface area contributed by atoms with Crippen molar-refractivity contribution >= 4 is 22.7 Å². The molecule has 0 aliphatic rings. The Balaban J connectivity index is 1.86. The first-order chi connectivity index (χ1) is 9.61. The van der Waals surface area contributed by atoms with Gasteiger partial charge in [-0.2, -0.15) is 0 Å². The number of carbonyl (C=O) groups is 1. The molecule has 5 heteroatoms. The number of oxazole rings is 1. The van der Waals surface area contributed by atoms with E-state index in [1.807, 2.05) is 0 Å². The molecule has 0 radical (unpaired) electrons. The molecule has 0 bridgehead atoms. The summed E-state index contributed by atoms with van der Waals surface area (Å²) in [5.41, 5.74) is 2.26. The van der Waals surface area contributed by atoms with Crippen molar-refractivity contribution in [1.82, 2.24) is 4.98 Å². The van der Waals surface area contributed by atoms with Crippen LogP contribution < -0.4 is 5.32 Å². The Morgan fingerprint density at radius 2 is 1.95 bits per heavy atom. The molecule has 1 amide bonds. The minimum absolute atomic E-state index is 0.285. The van der Waals surface area contributed by atoms with Gasteiger partial charge in [0, 0.05) is 18.2 Å². The average molecular weight is 270 g/mol. The van der Waals surface area contributed by atoms with Crippen LogP contribution >= 0.6 is 0 Å². The van der Waals surface area contributed by atoms with Gasteiger partial charge in [0.1, 0.15) is 11.3 Å². The summed E-state index contributed by atoms with van der Waals surface area (Å²) in [7, 11) is 0. The minimum Gasteiger partial charge on any atom is -0.441 e. The lowest BCUT2D eigenvalue weighted by molar-refractivity contribution is 0.102. The highest BCUT2D eigenvalue weighted by Gasteiger charge is 2.09. The van der Waals surface area contributed by atoms with Crippen LogP contribution in [0.15, 0.2) is 46.9 Å². The summed E-state index contributed by atoms with van der Waals surface area (Å²) in [6.45, 7) is 1.75. The number of amides is 1. The quantitative estimate of drug-likeness (QED) is 0.775. The van der Waals surface area contributed by atoms with Crippen molar-refractivity contribution in [2.24, 2.45) is 0 Å². The van der Waals surface area contributed by atoms with Gasteiger partial charge in [0.2, 0.25) is 0 Å². The zero-order valence-electron chi connectivity index (χ0n) is 10.7. The van der Waals surface area contributed by atoms with Gasteiger partial charge in [-0.05, 0) is 42.5 Å². The lowest BCUT2D eigenvalue weighted by Gasteiger charge is -2.04. The number of hydrogen-bond acceptors (Lipinski definition) is 3. The monoisotopic (exact) mass is 270 g/mol.